The monoisotopic (exact) mass is 225 g/mol. The molecule has 0 spiro atoms. The summed E-state index contributed by atoms with van der Waals surface area (Å²) in [5.74, 6) is 0.335. The summed E-state index contributed by atoms with van der Waals surface area (Å²) >= 11 is 0. The average Bonchev–Trinajstić information content (AvgIpc) is 2.62. The van der Waals surface area contributed by atoms with Crippen LogP contribution < -0.4 is 0 Å². The summed E-state index contributed by atoms with van der Waals surface area (Å²) in [6.07, 6.45) is 3.27. The van der Waals surface area contributed by atoms with Crippen LogP contribution in [0.2, 0.25) is 0 Å². The Hall–Kier alpha value is -1.23. The Labute approximate surface area is 95.5 Å². The van der Waals surface area contributed by atoms with Gasteiger partial charge in [-0.2, -0.15) is 0 Å². The number of rotatable bonds is 7. The lowest BCUT2D eigenvalue weighted by Gasteiger charge is -2.11. The van der Waals surface area contributed by atoms with E-state index in [0.29, 0.717) is 18.2 Å². The van der Waals surface area contributed by atoms with Gasteiger partial charge in [0.2, 0.25) is 0 Å². The lowest BCUT2D eigenvalue weighted by molar-refractivity contribution is 0.111. The Kier molecular flexibility index (Phi) is 5.11. The van der Waals surface area contributed by atoms with Crippen molar-refractivity contribution < 1.29 is 9.90 Å². The predicted octanol–water partition coefficient (Wildman–Crippen LogP) is 1.06. The maximum absolute atomic E-state index is 10.8. The predicted molar refractivity (Wildman–Crippen MR) is 60.3 cm³/mol. The van der Waals surface area contributed by atoms with E-state index in [1.807, 2.05) is 6.92 Å². The van der Waals surface area contributed by atoms with Gasteiger partial charge in [0.05, 0.1) is 5.69 Å². The Balaban J connectivity index is 2.78. The second kappa shape index (κ2) is 6.37. The Morgan fingerprint density at radius 3 is 2.88 bits per heavy atom. The summed E-state index contributed by atoms with van der Waals surface area (Å²) in [5, 5.41) is 16.7. The molecule has 1 aromatic heterocycles. The van der Waals surface area contributed by atoms with E-state index in [0.717, 1.165) is 31.2 Å². The lowest BCUT2D eigenvalue weighted by Crippen LogP contribution is -2.13. The van der Waals surface area contributed by atoms with Crippen LogP contribution in [0, 0.1) is 5.92 Å². The molecule has 0 fully saturated rings. The SMILES string of the molecule is CCCc1c(C=O)nnn1CC(C)CCO. The van der Waals surface area contributed by atoms with Crippen molar-refractivity contribution >= 4 is 6.29 Å². The smallest absolute Gasteiger partial charge is 0.172 e. The van der Waals surface area contributed by atoms with E-state index in [2.05, 4.69) is 17.2 Å². The molecule has 5 nitrogen and oxygen atoms in total. The van der Waals surface area contributed by atoms with Gasteiger partial charge in [0, 0.05) is 13.2 Å². The van der Waals surface area contributed by atoms with E-state index in [9.17, 15) is 4.79 Å². The van der Waals surface area contributed by atoms with Crippen LogP contribution in [0.15, 0.2) is 0 Å². The molecule has 90 valence electrons. The van der Waals surface area contributed by atoms with E-state index >= 15 is 0 Å². The van der Waals surface area contributed by atoms with Crippen LogP contribution >= 0.6 is 0 Å². The highest BCUT2D eigenvalue weighted by Gasteiger charge is 2.13. The molecular weight excluding hydrogens is 206 g/mol. The van der Waals surface area contributed by atoms with Crippen LogP contribution in [0.5, 0.6) is 0 Å². The molecular formula is C11H19N3O2. The highest BCUT2D eigenvalue weighted by molar-refractivity contribution is 5.73. The van der Waals surface area contributed by atoms with Crippen molar-refractivity contribution in [1.29, 1.82) is 0 Å². The second-order valence-corrected chi connectivity index (χ2v) is 4.09. The zero-order chi connectivity index (χ0) is 12.0. The van der Waals surface area contributed by atoms with Crippen molar-refractivity contribution in [1.82, 2.24) is 15.0 Å². The standard InChI is InChI=1S/C11H19N3O2/c1-3-4-11-10(8-16)12-13-14(11)7-9(2)5-6-15/h8-9,15H,3-7H2,1-2H3. The molecule has 16 heavy (non-hydrogen) atoms. The molecule has 0 amide bonds. The fourth-order valence-corrected chi connectivity index (χ4v) is 1.69. The van der Waals surface area contributed by atoms with Gasteiger partial charge in [-0.3, -0.25) is 4.79 Å². The fraction of sp³-hybridized carbons (Fsp3) is 0.727. The molecule has 0 radical (unpaired) electrons. The Morgan fingerprint density at radius 2 is 2.31 bits per heavy atom. The maximum Gasteiger partial charge on any atom is 0.172 e. The lowest BCUT2D eigenvalue weighted by atomic mass is 10.1. The van der Waals surface area contributed by atoms with Gasteiger partial charge < -0.3 is 5.11 Å². The Morgan fingerprint density at radius 1 is 1.56 bits per heavy atom. The van der Waals surface area contributed by atoms with Gasteiger partial charge in [-0.25, -0.2) is 4.68 Å². The van der Waals surface area contributed by atoms with Gasteiger partial charge in [-0.05, 0) is 18.8 Å². The summed E-state index contributed by atoms with van der Waals surface area (Å²) in [4.78, 5) is 10.8. The zero-order valence-electron chi connectivity index (χ0n) is 9.89. The Bertz CT molecular complexity index is 336. The van der Waals surface area contributed by atoms with Gasteiger partial charge >= 0.3 is 0 Å². The first-order chi connectivity index (χ1) is 7.72. The summed E-state index contributed by atoms with van der Waals surface area (Å²) in [6.45, 7) is 4.99. The number of aromatic nitrogens is 3. The first-order valence-corrected chi connectivity index (χ1v) is 5.71. The molecule has 1 atom stereocenters. The van der Waals surface area contributed by atoms with Crippen molar-refractivity contribution in [2.45, 2.75) is 39.7 Å². The minimum atomic E-state index is 0.180. The van der Waals surface area contributed by atoms with Crippen molar-refractivity contribution in [2.24, 2.45) is 5.92 Å². The van der Waals surface area contributed by atoms with Crippen molar-refractivity contribution in [2.75, 3.05) is 6.61 Å². The average molecular weight is 225 g/mol. The summed E-state index contributed by atoms with van der Waals surface area (Å²) in [5.41, 5.74) is 1.35. The van der Waals surface area contributed by atoms with E-state index in [-0.39, 0.29) is 6.61 Å². The zero-order valence-corrected chi connectivity index (χ0v) is 9.89. The topological polar surface area (TPSA) is 68.0 Å². The third-order valence-corrected chi connectivity index (χ3v) is 2.57. The van der Waals surface area contributed by atoms with Crippen LogP contribution in [-0.2, 0) is 13.0 Å². The molecule has 0 aromatic carbocycles. The van der Waals surface area contributed by atoms with Crippen LogP contribution in [0.3, 0.4) is 0 Å². The number of hydrogen-bond acceptors (Lipinski definition) is 4. The van der Waals surface area contributed by atoms with Gasteiger partial charge in [-0.1, -0.05) is 25.5 Å². The summed E-state index contributed by atoms with van der Waals surface area (Å²) < 4.78 is 1.79. The molecule has 1 heterocycles. The normalized spacial score (nSPS) is 12.7. The van der Waals surface area contributed by atoms with Crippen molar-refractivity contribution in [3.63, 3.8) is 0 Å². The highest BCUT2D eigenvalue weighted by Crippen LogP contribution is 2.11. The van der Waals surface area contributed by atoms with Crippen LogP contribution in [0.4, 0.5) is 0 Å². The molecule has 5 heteroatoms. The largest absolute Gasteiger partial charge is 0.396 e. The fourth-order valence-electron chi connectivity index (χ4n) is 1.69. The molecule has 0 saturated heterocycles. The highest BCUT2D eigenvalue weighted by atomic mass is 16.3. The molecule has 0 aliphatic rings. The van der Waals surface area contributed by atoms with E-state index in [1.54, 1.807) is 4.68 Å². The molecule has 0 bridgehead atoms. The first-order valence-electron chi connectivity index (χ1n) is 5.71. The minimum Gasteiger partial charge on any atom is -0.396 e. The number of aldehydes is 1. The molecule has 0 aliphatic heterocycles. The van der Waals surface area contributed by atoms with Crippen LogP contribution in [0.1, 0.15) is 42.9 Å². The molecule has 1 unspecified atom stereocenters. The first kappa shape index (κ1) is 12.8. The molecule has 1 N–H and O–H groups in total. The minimum absolute atomic E-state index is 0.180. The second-order valence-electron chi connectivity index (χ2n) is 4.09. The van der Waals surface area contributed by atoms with Crippen LogP contribution in [-0.4, -0.2) is 33.0 Å². The van der Waals surface area contributed by atoms with Crippen molar-refractivity contribution in [3.8, 4) is 0 Å². The van der Waals surface area contributed by atoms with Crippen LogP contribution in [0.25, 0.3) is 0 Å². The quantitative estimate of drug-likeness (QED) is 0.705. The number of aliphatic hydroxyl groups is 1. The maximum atomic E-state index is 10.8. The third kappa shape index (κ3) is 3.13. The summed E-state index contributed by atoms with van der Waals surface area (Å²) in [6, 6.07) is 0. The third-order valence-electron chi connectivity index (χ3n) is 2.57. The van der Waals surface area contributed by atoms with E-state index < -0.39 is 0 Å². The molecule has 1 aromatic rings. The van der Waals surface area contributed by atoms with Gasteiger partial charge in [0.15, 0.2) is 6.29 Å². The van der Waals surface area contributed by atoms with Crippen molar-refractivity contribution in [3.05, 3.63) is 11.4 Å². The van der Waals surface area contributed by atoms with Gasteiger partial charge in [0.25, 0.3) is 0 Å². The van der Waals surface area contributed by atoms with E-state index in [1.165, 1.54) is 0 Å². The molecule has 0 aliphatic carbocycles. The van der Waals surface area contributed by atoms with Gasteiger partial charge in [0.1, 0.15) is 5.69 Å². The van der Waals surface area contributed by atoms with E-state index in [4.69, 9.17) is 5.11 Å². The molecule has 1 rings (SSSR count). The number of nitrogens with zero attached hydrogens (tertiary/aromatic N) is 3. The summed E-state index contributed by atoms with van der Waals surface area (Å²) in [7, 11) is 0. The molecule has 0 saturated carbocycles. The number of carbonyl (C=O) groups is 1. The number of carbonyl (C=O) groups excluding carboxylic acids is 1. The number of hydrogen-bond donors (Lipinski definition) is 1. The van der Waals surface area contributed by atoms with Gasteiger partial charge in [-0.15, -0.1) is 5.10 Å². The number of aliphatic hydroxyl groups excluding tert-OH is 1.